The van der Waals surface area contributed by atoms with Crippen LogP contribution >= 0.6 is 0 Å². The highest BCUT2D eigenvalue weighted by molar-refractivity contribution is 5.74. The van der Waals surface area contributed by atoms with Crippen molar-refractivity contribution >= 4 is 6.03 Å². The molecule has 0 spiro atoms. The highest BCUT2D eigenvalue weighted by Crippen LogP contribution is 2.20. The summed E-state index contributed by atoms with van der Waals surface area (Å²) >= 11 is 0. The van der Waals surface area contributed by atoms with Crippen molar-refractivity contribution in [3.05, 3.63) is 29.3 Å². The Morgan fingerprint density at radius 3 is 2.68 bits per heavy atom. The number of carbonyl (C=O) groups is 1. The first kappa shape index (κ1) is 18.3. The monoisotopic (exact) mass is 308 g/mol. The van der Waals surface area contributed by atoms with Crippen molar-refractivity contribution in [2.45, 2.75) is 52.6 Å². The van der Waals surface area contributed by atoms with E-state index in [2.05, 4.69) is 10.6 Å². The van der Waals surface area contributed by atoms with Crippen LogP contribution in [0.3, 0.4) is 0 Å². The highest BCUT2D eigenvalue weighted by Gasteiger charge is 2.23. The largest absolute Gasteiger partial charge is 0.494 e. The Morgan fingerprint density at radius 2 is 2.09 bits per heavy atom. The van der Waals surface area contributed by atoms with Gasteiger partial charge < -0.3 is 20.5 Å². The van der Waals surface area contributed by atoms with Gasteiger partial charge in [0, 0.05) is 24.3 Å². The van der Waals surface area contributed by atoms with Crippen molar-refractivity contribution in [2.75, 3.05) is 13.2 Å². The Labute approximate surface area is 133 Å². The van der Waals surface area contributed by atoms with Gasteiger partial charge >= 0.3 is 6.03 Å². The second kappa shape index (κ2) is 8.63. The first-order valence-electron chi connectivity index (χ1n) is 7.83. The third-order valence-corrected chi connectivity index (χ3v) is 3.82. The maximum Gasteiger partial charge on any atom is 0.315 e. The molecule has 1 atom stereocenters. The molecule has 1 aromatic rings. The number of benzene rings is 1. The Hall–Kier alpha value is -1.75. The highest BCUT2D eigenvalue weighted by atomic mass is 16.5. The van der Waals surface area contributed by atoms with E-state index in [0.717, 1.165) is 23.3 Å². The molecule has 0 aliphatic heterocycles. The summed E-state index contributed by atoms with van der Waals surface area (Å²) in [5.74, 6) is 0.802. The molecular weight excluding hydrogens is 280 g/mol. The molecule has 0 fully saturated rings. The number of carbonyl (C=O) groups excluding carboxylic acids is 1. The van der Waals surface area contributed by atoms with Crippen molar-refractivity contribution in [3.63, 3.8) is 0 Å². The van der Waals surface area contributed by atoms with E-state index in [1.54, 1.807) is 0 Å². The molecule has 0 heterocycles. The topological polar surface area (TPSA) is 70.6 Å². The van der Waals surface area contributed by atoms with Crippen molar-refractivity contribution in [1.82, 2.24) is 10.6 Å². The predicted octanol–water partition coefficient (Wildman–Crippen LogP) is 2.74. The lowest BCUT2D eigenvalue weighted by molar-refractivity contribution is 0.200. The summed E-state index contributed by atoms with van der Waals surface area (Å²) in [6, 6.07) is 5.70. The van der Waals surface area contributed by atoms with Gasteiger partial charge in [0.1, 0.15) is 5.75 Å². The average Bonchev–Trinajstić information content (AvgIpc) is 2.47. The van der Waals surface area contributed by atoms with Crippen molar-refractivity contribution in [2.24, 2.45) is 0 Å². The van der Waals surface area contributed by atoms with Crippen LogP contribution in [0.15, 0.2) is 18.2 Å². The quantitative estimate of drug-likeness (QED) is 0.691. The van der Waals surface area contributed by atoms with Crippen LogP contribution in [-0.4, -0.2) is 29.9 Å². The SMILES string of the molecule is CCOc1cc(C)ccc1CNC(=O)NC(C)(CC)CCO. The Morgan fingerprint density at radius 1 is 1.36 bits per heavy atom. The van der Waals surface area contributed by atoms with Gasteiger partial charge in [-0.15, -0.1) is 0 Å². The second-order valence-corrected chi connectivity index (χ2v) is 5.74. The molecule has 0 aromatic heterocycles. The van der Waals surface area contributed by atoms with E-state index in [0.29, 0.717) is 19.6 Å². The predicted molar refractivity (Wildman–Crippen MR) is 88.1 cm³/mol. The minimum Gasteiger partial charge on any atom is -0.494 e. The van der Waals surface area contributed by atoms with E-state index >= 15 is 0 Å². The lowest BCUT2D eigenvalue weighted by Gasteiger charge is -2.29. The summed E-state index contributed by atoms with van der Waals surface area (Å²) in [6.07, 6.45) is 1.29. The zero-order valence-electron chi connectivity index (χ0n) is 14.0. The number of hydrogen-bond acceptors (Lipinski definition) is 3. The Balaban J connectivity index is 2.64. The molecule has 0 aliphatic carbocycles. The summed E-state index contributed by atoms with van der Waals surface area (Å²) in [7, 11) is 0. The molecular formula is C17H28N2O3. The number of hydrogen-bond donors (Lipinski definition) is 3. The number of urea groups is 1. The summed E-state index contributed by atoms with van der Waals surface area (Å²) in [6.45, 7) is 8.91. The minimum absolute atomic E-state index is 0.0526. The number of nitrogens with one attached hydrogen (secondary N) is 2. The van der Waals surface area contributed by atoms with Crippen molar-refractivity contribution in [1.29, 1.82) is 0 Å². The number of ether oxygens (including phenoxy) is 1. The molecule has 0 aliphatic rings. The number of rotatable bonds is 8. The van der Waals surface area contributed by atoms with Gasteiger partial charge in [0.25, 0.3) is 0 Å². The molecule has 0 bridgehead atoms. The van der Waals surface area contributed by atoms with E-state index in [-0.39, 0.29) is 12.6 Å². The summed E-state index contributed by atoms with van der Waals surface area (Å²) in [5, 5.41) is 14.9. The number of amides is 2. The normalized spacial score (nSPS) is 13.3. The van der Waals surface area contributed by atoms with Crippen LogP contribution in [-0.2, 0) is 6.54 Å². The molecule has 1 aromatic carbocycles. The van der Waals surface area contributed by atoms with Gasteiger partial charge in [0.05, 0.1) is 6.61 Å². The molecule has 0 radical (unpaired) electrons. The van der Waals surface area contributed by atoms with E-state index in [1.807, 2.05) is 45.9 Å². The smallest absolute Gasteiger partial charge is 0.315 e. The molecule has 5 heteroatoms. The number of aliphatic hydroxyl groups excluding tert-OH is 1. The number of aryl methyl sites for hydroxylation is 1. The molecule has 5 nitrogen and oxygen atoms in total. The molecule has 22 heavy (non-hydrogen) atoms. The molecule has 1 unspecified atom stereocenters. The molecule has 0 saturated carbocycles. The standard InChI is InChI=1S/C17H28N2O3/c1-5-17(4,9-10-20)19-16(21)18-12-14-8-7-13(3)11-15(14)22-6-2/h7-8,11,20H,5-6,9-10,12H2,1-4H3,(H2,18,19,21). The lowest BCUT2D eigenvalue weighted by Crippen LogP contribution is -2.50. The third kappa shape index (κ3) is 5.56. The van der Waals surface area contributed by atoms with E-state index in [9.17, 15) is 4.79 Å². The van der Waals surface area contributed by atoms with Crippen LogP contribution in [0.4, 0.5) is 4.79 Å². The minimum atomic E-state index is -0.394. The van der Waals surface area contributed by atoms with Crippen molar-refractivity contribution < 1.29 is 14.6 Å². The van der Waals surface area contributed by atoms with Crippen LogP contribution in [0.2, 0.25) is 0 Å². The van der Waals surface area contributed by atoms with E-state index < -0.39 is 5.54 Å². The van der Waals surface area contributed by atoms with Gasteiger partial charge in [0.15, 0.2) is 0 Å². The number of aliphatic hydroxyl groups is 1. The van der Waals surface area contributed by atoms with Crippen LogP contribution in [0.25, 0.3) is 0 Å². The Bertz CT molecular complexity index is 491. The molecule has 124 valence electrons. The Kier molecular flexibility index (Phi) is 7.18. The van der Waals surface area contributed by atoms with E-state index in [1.165, 1.54) is 0 Å². The summed E-state index contributed by atoms with van der Waals surface area (Å²) < 4.78 is 5.61. The fourth-order valence-electron chi connectivity index (χ4n) is 2.17. The first-order valence-corrected chi connectivity index (χ1v) is 7.83. The molecule has 0 saturated heterocycles. The van der Waals surface area contributed by atoms with Gasteiger partial charge in [-0.3, -0.25) is 0 Å². The van der Waals surface area contributed by atoms with Crippen molar-refractivity contribution in [3.8, 4) is 5.75 Å². The van der Waals surface area contributed by atoms with Crippen LogP contribution in [0.1, 0.15) is 44.7 Å². The fourth-order valence-corrected chi connectivity index (χ4v) is 2.17. The zero-order chi connectivity index (χ0) is 16.6. The molecule has 2 amide bonds. The van der Waals surface area contributed by atoms with E-state index in [4.69, 9.17) is 9.84 Å². The van der Waals surface area contributed by atoms with Gasteiger partial charge in [-0.2, -0.15) is 0 Å². The second-order valence-electron chi connectivity index (χ2n) is 5.74. The van der Waals surface area contributed by atoms with Gasteiger partial charge in [-0.1, -0.05) is 19.1 Å². The molecule has 1 rings (SSSR count). The average molecular weight is 308 g/mol. The van der Waals surface area contributed by atoms with Crippen LogP contribution in [0.5, 0.6) is 5.75 Å². The lowest BCUT2D eigenvalue weighted by atomic mass is 9.95. The zero-order valence-corrected chi connectivity index (χ0v) is 14.0. The fraction of sp³-hybridized carbons (Fsp3) is 0.588. The maximum atomic E-state index is 12.1. The van der Waals surface area contributed by atoms with Crippen LogP contribution in [0, 0.1) is 6.92 Å². The van der Waals surface area contributed by atoms with Crippen LogP contribution < -0.4 is 15.4 Å². The maximum absolute atomic E-state index is 12.1. The first-order chi connectivity index (χ1) is 10.4. The van der Waals surface area contributed by atoms with Gasteiger partial charge in [-0.25, -0.2) is 4.79 Å². The van der Waals surface area contributed by atoms with Gasteiger partial charge in [0.2, 0.25) is 0 Å². The third-order valence-electron chi connectivity index (χ3n) is 3.82. The van der Waals surface area contributed by atoms with Gasteiger partial charge in [-0.05, 0) is 45.2 Å². The molecule has 3 N–H and O–H groups in total. The summed E-state index contributed by atoms with van der Waals surface area (Å²) in [5.41, 5.74) is 1.68. The summed E-state index contributed by atoms with van der Waals surface area (Å²) in [4.78, 5) is 12.1.